The molecule has 0 radical (unpaired) electrons. The molecule has 0 aliphatic carbocycles. The summed E-state index contributed by atoms with van der Waals surface area (Å²) in [5, 5.41) is 3.75. The van der Waals surface area contributed by atoms with E-state index in [0.717, 1.165) is 5.56 Å². The van der Waals surface area contributed by atoms with E-state index in [1.54, 1.807) is 19.3 Å². The van der Waals surface area contributed by atoms with Crippen LogP contribution < -0.4 is 5.32 Å². The summed E-state index contributed by atoms with van der Waals surface area (Å²) < 4.78 is 5.02. The summed E-state index contributed by atoms with van der Waals surface area (Å²) in [5.74, 6) is 0.0481. The van der Waals surface area contributed by atoms with Crippen molar-refractivity contribution in [2.45, 2.75) is 18.6 Å². The third-order valence-electron chi connectivity index (χ3n) is 2.65. The quantitative estimate of drug-likeness (QED) is 0.499. The molecular formula is C14H16N4O2S. The van der Waals surface area contributed by atoms with Crippen LogP contribution in [0.15, 0.2) is 35.9 Å². The normalized spacial score (nSPS) is 10.2. The lowest BCUT2D eigenvalue weighted by Gasteiger charge is -2.11. The molecule has 0 saturated heterocycles. The van der Waals surface area contributed by atoms with Crippen LogP contribution in [0.1, 0.15) is 22.8 Å². The van der Waals surface area contributed by atoms with Crippen LogP contribution in [0.3, 0.4) is 0 Å². The lowest BCUT2D eigenvalue weighted by Crippen LogP contribution is -2.12. The van der Waals surface area contributed by atoms with Crippen LogP contribution in [-0.4, -0.2) is 33.8 Å². The molecule has 0 saturated carbocycles. The van der Waals surface area contributed by atoms with Crippen LogP contribution in [0.2, 0.25) is 0 Å². The first-order valence-electron chi connectivity index (χ1n) is 6.45. The Morgan fingerprint density at radius 3 is 2.81 bits per heavy atom. The van der Waals surface area contributed by atoms with Crippen molar-refractivity contribution in [3.05, 3.63) is 41.9 Å². The zero-order valence-electron chi connectivity index (χ0n) is 11.9. The van der Waals surface area contributed by atoms with Gasteiger partial charge < -0.3 is 10.1 Å². The average Bonchev–Trinajstić information content (AvgIpc) is 2.53. The fraction of sp³-hybridized carbons (Fsp3) is 0.286. The topological polar surface area (TPSA) is 77.0 Å². The van der Waals surface area contributed by atoms with Gasteiger partial charge in [-0.15, -0.1) is 0 Å². The number of pyridine rings is 1. The third kappa shape index (κ3) is 4.16. The molecular weight excluding hydrogens is 288 g/mol. The summed E-state index contributed by atoms with van der Waals surface area (Å²) in [4.78, 5) is 24.3. The molecule has 0 aliphatic rings. The van der Waals surface area contributed by atoms with E-state index in [2.05, 4.69) is 20.3 Å². The summed E-state index contributed by atoms with van der Waals surface area (Å²) in [6, 6.07) is 3.79. The molecule has 0 unspecified atom stereocenters. The number of ether oxygens (including phenoxy) is 1. The van der Waals surface area contributed by atoms with Crippen LogP contribution in [-0.2, 0) is 11.3 Å². The Kier molecular flexibility index (Phi) is 5.51. The Hall–Kier alpha value is -2.15. The van der Waals surface area contributed by atoms with E-state index in [1.807, 2.05) is 18.4 Å². The standard InChI is InChI=1S/C14H16N4O2S/c1-3-20-13(19)11-9-17-14(21-2)18-12(11)16-8-10-4-6-15-7-5-10/h4-7,9H,3,8H2,1-2H3,(H,16,17,18). The summed E-state index contributed by atoms with van der Waals surface area (Å²) >= 11 is 1.41. The number of anilines is 1. The van der Waals surface area contributed by atoms with Gasteiger partial charge in [0, 0.05) is 25.1 Å². The number of rotatable bonds is 6. The molecule has 110 valence electrons. The van der Waals surface area contributed by atoms with Gasteiger partial charge in [-0.3, -0.25) is 4.98 Å². The van der Waals surface area contributed by atoms with Crippen LogP contribution in [0.5, 0.6) is 0 Å². The second kappa shape index (κ2) is 7.58. The van der Waals surface area contributed by atoms with Gasteiger partial charge in [0.2, 0.25) is 0 Å². The zero-order chi connectivity index (χ0) is 15.1. The van der Waals surface area contributed by atoms with Crippen molar-refractivity contribution in [3.8, 4) is 0 Å². The van der Waals surface area contributed by atoms with Crippen molar-refractivity contribution in [2.24, 2.45) is 0 Å². The molecule has 1 N–H and O–H groups in total. The summed E-state index contributed by atoms with van der Waals surface area (Å²) in [5.41, 5.74) is 1.38. The minimum atomic E-state index is -0.428. The zero-order valence-corrected chi connectivity index (χ0v) is 12.7. The number of carbonyl (C=O) groups is 1. The van der Waals surface area contributed by atoms with Gasteiger partial charge >= 0.3 is 5.97 Å². The molecule has 0 aliphatic heterocycles. The highest BCUT2D eigenvalue weighted by atomic mass is 32.2. The number of thioether (sulfide) groups is 1. The van der Waals surface area contributed by atoms with Crippen molar-refractivity contribution in [1.29, 1.82) is 0 Å². The van der Waals surface area contributed by atoms with Gasteiger partial charge in [-0.1, -0.05) is 11.8 Å². The monoisotopic (exact) mass is 304 g/mol. The number of aromatic nitrogens is 3. The molecule has 21 heavy (non-hydrogen) atoms. The largest absolute Gasteiger partial charge is 0.462 e. The lowest BCUT2D eigenvalue weighted by atomic mass is 10.2. The second-order valence-electron chi connectivity index (χ2n) is 4.05. The highest BCUT2D eigenvalue weighted by Crippen LogP contribution is 2.18. The molecule has 0 spiro atoms. The van der Waals surface area contributed by atoms with Gasteiger partial charge in [0.1, 0.15) is 11.4 Å². The summed E-state index contributed by atoms with van der Waals surface area (Å²) in [6.07, 6.45) is 6.81. The van der Waals surface area contributed by atoms with Gasteiger partial charge in [-0.2, -0.15) is 0 Å². The van der Waals surface area contributed by atoms with E-state index in [1.165, 1.54) is 18.0 Å². The predicted octanol–water partition coefficient (Wildman–Crippen LogP) is 2.38. The number of nitrogens with one attached hydrogen (secondary N) is 1. The van der Waals surface area contributed by atoms with Gasteiger partial charge in [0.05, 0.1) is 6.61 Å². The van der Waals surface area contributed by atoms with Crippen molar-refractivity contribution < 1.29 is 9.53 Å². The van der Waals surface area contributed by atoms with Crippen molar-refractivity contribution in [1.82, 2.24) is 15.0 Å². The molecule has 0 bridgehead atoms. The minimum Gasteiger partial charge on any atom is -0.462 e. The van der Waals surface area contributed by atoms with Crippen LogP contribution >= 0.6 is 11.8 Å². The molecule has 2 heterocycles. The van der Waals surface area contributed by atoms with Gasteiger partial charge in [0.25, 0.3) is 0 Å². The second-order valence-corrected chi connectivity index (χ2v) is 4.82. The Morgan fingerprint density at radius 2 is 2.14 bits per heavy atom. The maximum atomic E-state index is 11.9. The predicted molar refractivity (Wildman–Crippen MR) is 81.3 cm³/mol. The fourth-order valence-electron chi connectivity index (χ4n) is 1.64. The molecule has 2 aromatic rings. The molecule has 2 rings (SSSR count). The smallest absolute Gasteiger partial charge is 0.343 e. The molecule has 0 amide bonds. The van der Waals surface area contributed by atoms with Gasteiger partial charge in [-0.25, -0.2) is 14.8 Å². The highest BCUT2D eigenvalue weighted by molar-refractivity contribution is 7.98. The Bertz CT molecular complexity index is 607. The first-order chi connectivity index (χ1) is 10.2. The molecule has 2 aromatic heterocycles. The molecule has 6 nitrogen and oxygen atoms in total. The van der Waals surface area contributed by atoms with Crippen LogP contribution in [0.4, 0.5) is 5.82 Å². The van der Waals surface area contributed by atoms with Gasteiger partial charge in [-0.05, 0) is 30.9 Å². The molecule has 0 atom stereocenters. The Balaban J connectivity index is 2.20. The number of nitrogens with zero attached hydrogens (tertiary/aromatic N) is 3. The molecule has 0 fully saturated rings. The first kappa shape index (κ1) is 15.2. The minimum absolute atomic E-state index is 0.312. The van der Waals surface area contributed by atoms with E-state index >= 15 is 0 Å². The number of esters is 1. The highest BCUT2D eigenvalue weighted by Gasteiger charge is 2.15. The lowest BCUT2D eigenvalue weighted by molar-refractivity contribution is 0.0526. The fourth-order valence-corrected chi connectivity index (χ4v) is 1.98. The van der Waals surface area contributed by atoms with Crippen LogP contribution in [0.25, 0.3) is 0 Å². The first-order valence-corrected chi connectivity index (χ1v) is 7.68. The van der Waals surface area contributed by atoms with Crippen molar-refractivity contribution in [2.75, 3.05) is 18.2 Å². The number of hydrogen-bond donors (Lipinski definition) is 1. The van der Waals surface area contributed by atoms with E-state index in [-0.39, 0.29) is 0 Å². The Morgan fingerprint density at radius 1 is 1.38 bits per heavy atom. The summed E-state index contributed by atoms with van der Waals surface area (Å²) in [6.45, 7) is 2.62. The maximum absolute atomic E-state index is 11.9. The number of hydrogen-bond acceptors (Lipinski definition) is 7. The SMILES string of the molecule is CCOC(=O)c1cnc(SC)nc1NCc1ccncc1. The number of carbonyl (C=O) groups excluding carboxylic acids is 1. The van der Waals surface area contributed by atoms with Crippen LogP contribution in [0, 0.1) is 0 Å². The van der Waals surface area contributed by atoms with Crippen molar-refractivity contribution in [3.63, 3.8) is 0 Å². The Labute approximate surface area is 127 Å². The van der Waals surface area contributed by atoms with E-state index in [9.17, 15) is 4.79 Å². The maximum Gasteiger partial charge on any atom is 0.343 e. The third-order valence-corrected chi connectivity index (χ3v) is 3.22. The summed E-state index contributed by atoms with van der Waals surface area (Å²) in [7, 11) is 0. The molecule has 7 heteroatoms. The average molecular weight is 304 g/mol. The molecule has 0 aromatic carbocycles. The van der Waals surface area contributed by atoms with E-state index < -0.39 is 5.97 Å². The van der Waals surface area contributed by atoms with E-state index in [0.29, 0.717) is 29.7 Å². The van der Waals surface area contributed by atoms with Crippen molar-refractivity contribution >= 4 is 23.5 Å². The van der Waals surface area contributed by atoms with E-state index in [4.69, 9.17) is 4.74 Å². The van der Waals surface area contributed by atoms with Gasteiger partial charge in [0.15, 0.2) is 5.16 Å².